The largest absolute Gasteiger partial charge is 0.481 e. The zero-order valence-electron chi connectivity index (χ0n) is 10.5. The Morgan fingerprint density at radius 1 is 1.20 bits per heavy atom. The van der Waals surface area contributed by atoms with E-state index in [1.54, 1.807) is 19.1 Å². The first-order chi connectivity index (χ1) is 9.31. The van der Waals surface area contributed by atoms with Crippen LogP contribution in [0.15, 0.2) is 12.1 Å². The number of carboxylic acids is 1. The Kier molecular flexibility index (Phi) is 5.79. The molecule has 0 unspecified atom stereocenters. The fourth-order valence-electron chi connectivity index (χ4n) is 1.33. The third kappa shape index (κ3) is 4.71. The van der Waals surface area contributed by atoms with Crippen LogP contribution in [-0.4, -0.2) is 23.0 Å². The number of imide groups is 1. The standard InChI is InChI=1S/C12H12Cl2N2O4/c1-6-2-3-7(13)11(10(6)14)16-12(20)15-8(17)4-5-9(18)19/h2-3H,4-5H2,1H3,(H,18,19)(H2,15,16,17,20). The maximum atomic E-state index is 11.6. The van der Waals surface area contributed by atoms with Crippen molar-refractivity contribution in [1.29, 1.82) is 0 Å². The van der Waals surface area contributed by atoms with Crippen molar-refractivity contribution in [3.05, 3.63) is 27.7 Å². The Morgan fingerprint density at radius 2 is 1.85 bits per heavy atom. The van der Waals surface area contributed by atoms with Crippen LogP contribution in [0.5, 0.6) is 0 Å². The molecule has 0 fully saturated rings. The zero-order chi connectivity index (χ0) is 15.3. The number of amides is 3. The summed E-state index contributed by atoms with van der Waals surface area (Å²) in [5.74, 6) is -1.82. The molecule has 3 N–H and O–H groups in total. The molecule has 0 aliphatic carbocycles. The van der Waals surface area contributed by atoms with Crippen molar-refractivity contribution in [2.24, 2.45) is 0 Å². The average molecular weight is 319 g/mol. The molecule has 0 aliphatic rings. The van der Waals surface area contributed by atoms with Gasteiger partial charge in [-0.2, -0.15) is 0 Å². The molecule has 0 atom stereocenters. The van der Waals surface area contributed by atoms with E-state index in [9.17, 15) is 14.4 Å². The van der Waals surface area contributed by atoms with E-state index in [2.05, 4.69) is 5.32 Å². The molecule has 20 heavy (non-hydrogen) atoms. The number of halogens is 2. The molecule has 0 saturated carbocycles. The third-order valence-corrected chi connectivity index (χ3v) is 3.14. The topological polar surface area (TPSA) is 95.5 Å². The Hall–Kier alpha value is -1.79. The van der Waals surface area contributed by atoms with E-state index in [0.29, 0.717) is 5.56 Å². The van der Waals surface area contributed by atoms with Crippen LogP contribution in [0, 0.1) is 6.92 Å². The van der Waals surface area contributed by atoms with Crippen molar-refractivity contribution in [1.82, 2.24) is 5.32 Å². The second-order valence-corrected chi connectivity index (χ2v) is 4.73. The van der Waals surface area contributed by atoms with Gasteiger partial charge in [-0.15, -0.1) is 0 Å². The lowest BCUT2D eigenvalue weighted by molar-refractivity contribution is -0.138. The highest BCUT2D eigenvalue weighted by Crippen LogP contribution is 2.32. The molecule has 0 saturated heterocycles. The number of carboxylic acid groups (broad SMARTS) is 1. The SMILES string of the molecule is Cc1ccc(Cl)c(NC(=O)NC(=O)CCC(=O)O)c1Cl. The average Bonchev–Trinajstić information content (AvgIpc) is 2.37. The summed E-state index contributed by atoms with van der Waals surface area (Å²) in [5.41, 5.74) is 0.903. The maximum Gasteiger partial charge on any atom is 0.325 e. The molecule has 1 aromatic rings. The highest BCUT2D eigenvalue weighted by molar-refractivity contribution is 6.40. The summed E-state index contributed by atoms with van der Waals surface area (Å²) >= 11 is 11.9. The summed E-state index contributed by atoms with van der Waals surface area (Å²) in [4.78, 5) is 33.2. The lowest BCUT2D eigenvalue weighted by atomic mass is 10.2. The molecule has 0 heterocycles. The first-order valence-corrected chi connectivity index (χ1v) is 6.34. The van der Waals surface area contributed by atoms with E-state index in [0.717, 1.165) is 0 Å². The minimum absolute atomic E-state index is 0.192. The van der Waals surface area contributed by atoms with Crippen LogP contribution in [0.1, 0.15) is 18.4 Å². The van der Waals surface area contributed by atoms with Crippen LogP contribution in [0.3, 0.4) is 0 Å². The van der Waals surface area contributed by atoms with Crippen molar-refractivity contribution < 1.29 is 19.5 Å². The third-order valence-electron chi connectivity index (χ3n) is 2.34. The Bertz CT molecular complexity index is 561. The molecule has 108 valence electrons. The van der Waals surface area contributed by atoms with Gasteiger partial charge in [0, 0.05) is 6.42 Å². The minimum atomic E-state index is -1.12. The predicted octanol–water partition coefficient (Wildman–Crippen LogP) is 2.81. The predicted molar refractivity (Wildman–Crippen MR) is 75.2 cm³/mol. The number of carbonyl (C=O) groups excluding carboxylic acids is 2. The summed E-state index contributed by atoms with van der Waals surface area (Å²) in [6.45, 7) is 1.74. The second-order valence-electron chi connectivity index (χ2n) is 3.95. The molecule has 0 radical (unpaired) electrons. The van der Waals surface area contributed by atoms with Gasteiger partial charge in [-0.1, -0.05) is 29.3 Å². The van der Waals surface area contributed by atoms with Crippen LogP contribution in [0.25, 0.3) is 0 Å². The number of aryl methyl sites for hydroxylation is 1. The van der Waals surface area contributed by atoms with Gasteiger partial charge in [-0.3, -0.25) is 14.9 Å². The fourth-order valence-corrected chi connectivity index (χ4v) is 1.79. The molecular formula is C12H12Cl2N2O4. The van der Waals surface area contributed by atoms with Gasteiger partial charge in [0.25, 0.3) is 0 Å². The summed E-state index contributed by atoms with van der Waals surface area (Å²) in [5, 5.41) is 13.3. The van der Waals surface area contributed by atoms with Gasteiger partial charge in [0.1, 0.15) is 0 Å². The van der Waals surface area contributed by atoms with Gasteiger partial charge in [0.2, 0.25) is 5.91 Å². The van der Waals surface area contributed by atoms with Crippen molar-refractivity contribution >= 4 is 46.8 Å². The number of anilines is 1. The molecule has 3 amide bonds. The van der Waals surface area contributed by atoms with Gasteiger partial charge in [-0.05, 0) is 18.6 Å². The summed E-state index contributed by atoms with van der Waals surface area (Å²) in [6, 6.07) is 2.42. The van der Waals surface area contributed by atoms with E-state index < -0.39 is 17.9 Å². The lowest BCUT2D eigenvalue weighted by Gasteiger charge is -2.11. The van der Waals surface area contributed by atoms with Crippen molar-refractivity contribution in [2.75, 3.05) is 5.32 Å². The Balaban J connectivity index is 2.65. The number of benzene rings is 1. The molecule has 0 aromatic heterocycles. The molecule has 0 aliphatic heterocycles. The zero-order valence-corrected chi connectivity index (χ0v) is 12.0. The van der Waals surface area contributed by atoms with E-state index in [1.807, 2.05) is 5.32 Å². The van der Waals surface area contributed by atoms with Crippen LogP contribution in [0.2, 0.25) is 10.0 Å². The normalized spacial score (nSPS) is 9.95. The molecule has 0 bridgehead atoms. The Morgan fingerprint density at radius 3 is 2.45 bits per heavy atom. The van der Waals surface area contributed by atoms with Crippen molar-refractivity contribution in [3.8, 4) is 0 Å². The van der Waals surface area contributed by atoms with Gasteiger partial charge >= 0.3 is 12.0 Å². The van der Waals surface area contributed by atoms with E-state index >= 15 is 0 Å². The Labute approximate surface area is 125 Å². The molecule has 0 spiro atoms. The number of hydrogen-bond acceptors (Lipinski definition) is 3. The van der Waals surface area contributed by atoms with E-state index in [1.165, 1.54) is 0 Å². The highest BCUT2D eigenvalue weighted by atomic mass is 35.5. The molecule has 1 rings (SSSR count). The van der Waals surface area contributed by atoms with E-state index in [4.69, 9.17) is 28.3 Å². The first kappa shape index (κ1) is 16.3. The number of urea groups is 1. The van der Waals surface area contributed by atoms with Crippen molar-refractivity contribution in [2.45, 2.75) is 19.8 Å². The highest BCUT2D eigenvalue weighted by Gasteiger charge is 2.14. The van der Waals surface area contributed by atoms with Gasteiger partial charge in [0.05, 0.1) is 22.2 Å². The van der Waals surface area contributed by atoms with E-state index in [-0.39, 0.29) is 28.6 Å². The second kappa shape index (κ2) is 7.12. The molecular weight excluding hydrogens is 307 g/mol. The van der Waals surface area contributed by atoms with Crippen LogP contribution in [-0.2, 0) is 9.59 Å². The van der Waals surface area contributed by atoms with Gasteiger partial charge < -0.3 is 10.4 Å². The monoisotopic (exact) mass is 318 g/mol. The quantitative estimate of drug-likeness (QED) is 0.795. The smallest absolute Gasteiger partial charge is 0.325 e. The van der Waals surface area contributed by atoms with Crippen LogP contribution >= 0.6 is 23.2 Å². The number of hydrogen-bond donors (Lipinski definition) is 3. The van der Waals surface area contributed by atoms with Gasteiger partial charge in [-0.25, -0.2) is 4.79 Å². The van der Waals surface area contributed by atoms with Crippen molar-refractivity contribution in [3.63, 3.8) is 0 Å². The van der Waals surface area contributed by atoms with Crippen LogP contribution in [0.4, 0.5) is 10.5 Å². The number of nitrogens with one attached hydrogen (secondary N) is 2. The summed E-state index contributed by atoms with van der Waals surface area (Å²) < 4.78 is 0. The minimum Gasteiger partial charge on any atom is -0.481 e. The molecule has 1 aromatic carbocycles. The van der Waals surface area contributed by atoms with Gasteiger partial charge in [0.15, 0.2) is 0 Å². The number of carbonyl (C=O) groups is 3. The molecule has 8 heteroatoms. The first-order valence-electron chi connectivity index (χ1n) is 5.58. The maximum absolute atomic E-state index is 11.6. The molecule has 6 nitrogen and oxygen atoms in total. The van der Waals surface area contributed by atoms with Crippen LogP contribution < -0.4 is 10.6 Å². The summed E-state index contributed by atoms with van der Waals surface area (Å²) in [7, 11) is 0. The number of rotatable bonds is 4. The lowest BCUT2D eigenvalue weighted by Crippen LogP contribution is -2.34. The number of aliphatic carboxylic acids is 1. The fraction of sp³-hybridized carbons (Fsp3) is 0.250. The summed E-state index contributed by atoms with van der Waals surface area (Å²) in [6.07, 6.45) is -0.650.